The van der Waals surface area contributed by atoms with Crippen LogP contribution in [0.5, 0.6) is 0 Å². The fraction of sp³-hybridized carbons (Fsp3) is 0. The maximum Gasteiger partial charge on any atom is 0.333 e. The molecule has 0 aliphatic carbocycles. The molecule has 19 heavy (non-hydrogen) atoms. The van der Waals surface area contributed by atoms with E-state index in [0.717, 1.165) is 9.78 Å². The van der Waals surface area contributed by atoms with E-state index in [9.17, 15) is 9.59 Å². The first-order valence-corrected chi connectivity index (χ1v) is 6.59. The van der Waals surface area contributed by atoms with Crippen molar-refractivity contribution >= 4 is 35.0 Å². The second-order valence-electron chi connectivity index (χ2n) is 3.98. The van der Waals surface area contributed by atoms with Gasteiger partial charge in [-0.15, -0.1) is 11.3 Å². The van der Waals surface area contributed by atoms with Crippen LogP contribution in [0.4, 0.5) is 10.5 Å². The van der Waals surface area contributed by atoms with Crippen LogP contribution >= 0.6 is 11.3 Å². The molecule has 4 nitrogen and oxygen atoms in total. The van der Waals surface area contributed by atoms with Crippen LogP contribution < -0.4 is 10.2 Å². The van der Waals surface area contributed by atoms with Gasteiger partial charge in [0.1, 0.15) is 5.70 Å². The minimum Gasteiger partial charge on any atom is -0.302 e. The quantitative estimate of drug-likeness (QED) is 0.674. The lowest BCUT2D eigenvalue weighted by molar-refractivity contribution is -0.113. The van der Waals surface area contributed by atoms with Gasteiger partial charge in [0.25, 0.3) is 5.91 Å². The molecular weight excluding hydrogens is 260 g/mol. The number of anilines is 1. The number of para-hydroxylation sites is 1. The lowest BCUT2D eigenvalue weighted by atomic mass is 10.3. The fourth-order valence-electron chi connectivity index (χ4n) is 1.86. The number of carbonyl (C=O) groups is 2. The topological polar surface area (TPSA) is 49.4 Å². The summed E-state index contributed by atoms with van der Waals surface area (Å²) in [6.45, 7) is 0. The first-order chi connectivity index (χ1) is 9.25. The Bertz CT molecular complexity index is 647. The van der Waals surface area contributed by atoms with Crippen LogP contribution in [0.15, 0.2) is 53.5 Å². The Morgan fingerprint density at radius 3 is 2.53 bits per heavy atom. The van der Waals surface area contributed by atoms with Crippen LogP contribution in [0.25, 0.3) is 6.08 Å². The van der Waals surface area contributed by atoms with Crippen molar-refractivity contribution < 1.29 is 9.59 Å². The highest BCUT2D eigenvalue weighted by atomic mass is 32.1. The molecule has 1 saturated heterocycles. The zero-order valence-corrected chi connectivity index (χ0v) is 10.7. The number of nitrogens with zero attached hydrogens (tertiary/aromatic N) is 1. The third-order valence-corrected chi connectivity index (χ3v) is 3.54. The normalized spacial score (nSPS) is 17.1. The average molecular weight is 270 g/mol. The van der Waals surface area contributed by atoms with E-state index in [4.69, 9.17) is 0 Å². The Labute approximate surface area is 114 Å². The first kappa shape index (κ1) is 11.7. The van der Waals surface area contributed by atoms with E-state index in [0.29, 0.717) is 11.4 Å². The number of hydrogen-bond donors (Lipinski definition) is 1. The van der Waals surface area contributed by atoms with Gasteiger partial charge in [0.2, 0.25) is 0 Å². The van der Waals surface area contributed by atoms with Crippen molar-refractivity contribution in [3.05, 3.63) is 58.4 Å². The molecule has 1 aliphatic heterocycles. The molecule has 2 heterocycles. The molecule has 1 N–H and O–H groups in total. The molecule has 0 atom stereocenters. The Morgan fingerprint density at radius 1 is 1.05 bits per heavy atom. The third kappa shape index (κ3) is 2.15. The van der Waals surface area contributed by atoms with Crippen LogP contribution in [0.2, 0.25) is 0 Å². The maximum absolute atomic E-state index is 12.2. The Balaban J connectivity index is 1.94. The number of benzene rings is 1. The SMILES string of the molecule is O=C1N/C(=C/c2cccs2)C(=O)N1c1ccccc1. The van der Waals surface area contributed by atoms with Gasteiger partial charge < -0.3 is 5.32 Å². The molecule has 3 amide bonds. The Hall–Kier alpha value is -2.40. The van der Waals surface area contributed by atoms with Crippen LogP contribution in [0, 0.1) is 0 Å². The molecule has 0 unspecified atom stereocenters. The molecule has 1 aliphatic rings. The van der Waals surface area contributed by atoms with E-state index in [-0.39, 0.29) is 5.91 Å². The van der Waals surface area contributed by atoms with Gasteiger partial charge in [-0.25, -0.2) is 9.69 Å². The number of rotatable bonds is 2. The highest BCUT2D eigenvalue weighted by Gasteiger charge is 2.34. The number of urea groups is 1. The van der Waals surface area contributed by atoms with Gasteiger partial charge in [0.05, 0.1) is 5.69 Å². The Kier molecular flexibility index (Phi) is 2.89. The summed E-state index contributed by atoms with van der Waals surface area (Å²) in [7, 11) is 0. The van der Waals surface area contributed by atoms with E-state index in [1.54, 1.807) is 30.3 Å². The molecule has 94 valence electrons. The largest absolute Gasteiger partial charge is 0.333 e. The molecule has 1 aromatic heterocycles. The van der Waals surface area contributed by atoms with Crippen LogP contribution in [-0.2, 0) is 4.79 Å². The van der Waals surface area contributed by atoms with Crippen molar-refractivity contribution in [2.45, 2.75) is 0 Å². The summed E-state index contributed by atoms with van der Waals surface area (Å²) in [5.41, 5.74) is 0.871. The molecular formula is C14H10N2O2S. The van der Waals surface area contributed by atoms with Gasteiger partial charge in [-0.3, -0.25) is 4.79 Å². The fourth-order valence-corrected chi connectivity index (χ4v) is 2.52. The first-order valence-electron chi connectivity index (χ1n) is 5.71. The van der Waals surface area contributed by atoms with Crippen molar-refractivity contribution in [1.29, 1.82) is 0 Å². The summed E-state index contributed by atoms with van der Waals surface area (Å²) in [5.74, 6) is -0.329. The van der Waals surface area contributed by atoms with E-state index in [1.807, 2.05) is 23.6 Å². The average Bonchev–Trinajstić information content (AvgIpc) is 3.01. The summed E-state index contributed by atoms with van der Waals surface area (Å²) >= 11 is 1.51. The van der Waals surface area contributed by atoms with Crippen LogP contribution in [0.1, 0.15) is 4.88 Å². The van der Waals surface area contributed by atoms with E-state index >= 15 is 0 Å². The molecule has 0 spiro atoms. The predicted molar refractivity (Wildman–Crippen MR) is 74.8 cm³/mol. The van der Waals surface area contributed by atoms with E-state index in [1.165, 1.54) is 11.3 Å². The maximum atomic E-state index is 12.2. The minimum atomic E-state index is -0.418. The molecule has 0 bridgehead atoms. The minimum absolute atomic E-state index is 0.302. The standard InChI is InChI=1S/C14H10N2O2S/c17-13-12(9-11-7-4-8-19-11)15-14(18)16(13)10-5-2-1-3-6-10/h1-9H,(H,15,18)/b12-9+. The number of hydrogen-bond acceptors (Lipinski definition) is 3. The van der Waals surface area contributed by atoms with E-state index < -0.39 is 6.03 Å². The van der Waals surface area contributed by atoms with E-state index in [2.05, 4.69) is 5.32 Å². The summed E-state index contributed by atoms with van der Waals surface area (Å²) in [6, 6.07) is 12.2. The molecule has 0 radical (unpaired) electrons. The van der Waals surface area contributed by atoms with Crippen molar-refractivity contribution in [1.82, 2.24) is 5.32 Å². The van der Waals surface area contributed by atoms with Gasteiger partial charge in [-0.05, 0) is 29.7 Å². The monoisotopic (exact) mass is 270 g/mol. The van der Waals surface area contributed by atoms with Crippen LogP contribution in [0.3, 0.4) is 0 Å². The van der Waals surface area contributed by atoms with Gasteiger partial charge in [0, 0.05) is 4.88 Å². The van der Waals surface area contributed by atoms with Crippen LogP contribution in [-0.4, -0.2) is 11.9 Å². The highest BCUT2D eigenvalue weighted by Crippen LogP contribution is 2.22. The summed E-state index contributed by atoms with van der Waals surface area (Å²) in [5, 5.41) is 4.51. The smallest absolute Gasteiger partial charge is 0.302 e. The number of imide groups is 1. The van der Waals surface area contributed by atoms with Gasteiger partial charge in [-0.2, -0.15) is 0 Å². The molecule has 3 rings (SSSR count). The Morgan fingerprint density at radius 2 is 1.84 bits per heavy atom. The van der Waals surface area contributed by atoms with Crippen molar-refractivity contribution in [2.24, 2.45) is 0 Å². The zero-order valence-electron chi connectivity index (χ0n) is 9.87. The molecule has 5 heteroatoms. The number of amides is 3. The second-order valence-corrected chi connectivity index (χ2v) is 4.96. The predicted octanol–water partition coefficient (Wildman–Crippen LogP) is 2.85. The summed E-state index contributed by atoms with van der Waals surface area (Å²) < 4.78 is 0. The highest BCUT2D eigenvalue weighted by molar-refractivity contribution is 7.10. The van der Waals surface area contributed by atoms with Gasteiger partial charge in [0.15, 0.2) is 0 Å². The molecule has 1 fully saturated rings. The zero-order chi connectivity index (χ0) is 13.2. The van der Waals surface area contributed by atoms with Crippen molar-refractivity contribution in [3.63, 3.8) is 0 Å². The molecule has 0 saturated carbocycles. The molecule has 2 aromatic rings. The number of thiophene rings is 1. The lowest BCUT2D eigenvalue weighted by Crippen LogP contribution is -2.30. The summed E-state index contributed by atoms with van der Waals surface area (Å²) in [4.78, 5) is 26.2. The number of carbonyl (C=O) groups excluding carboxylic acids is 2. The second kappa shape index (κ2) is 4.70. The number of nitrogens with one attached hydrogen (secondary N) is 1. The lowest BCUT2D eigenvalue weighted by Gasteiger charge is -2.10. The van der Waals surface area contributed by atoms with Crippen molar-refractivity contribution in [2.75, 3.05) is 4.90 Å². The molecule has 1 aromatic carbocycles. The van der Waals surface area contributed by atoms with Gasteiger partial charge in [-0.1, -0.05) is 24.3 Å². The van der Waals surface area contributed by atoms with Gasteiger partial charge >= 0.3 is 6.03 Å². The van der Waals surface area contributed by atoms with Crippen molar-refractivity contribution in [3.8, 4) is 0 Å². The third-order valence-electron chi connectivity index (χ3n) is 2.72. The summed E-state index contributed by atoms with van der Waals surface area (Å²) in [6.07, 6.45) is 1.69.